The van der Waals surface area contributed by atoms with E-state index in [4.69, 9.17) is 0 Å². The molecule has 0 saturated heterocycles. The predicted octanol–water partition coefficient (Wildman–Crippen LogP) is 4.26. The van der Waals surface area contributed by atoms with E-state index < -0.39 is 0 Å². The Morgan fingerprint density at radius 1 is 1.11 bits per heavy atom. The lowest BCUT2D eigenvalue weighted by atomic mass is 9.96. The van der Waals surface area contributed by atoms with E-state index in [1.54, 1.807) is 6.07 Å². The van der Waals surface area contributed by atoms with Crippen molar-refractivity contribution in [3.8, 4) is 0 Å². The first-order valence-electron chi connectivity index (χ1n) is 6.42. The van der Waals surface area contributed by atoms with Crippen LogP contribution in [0.2, 0.25) is 0 Å². The second-order valence-corrected chi connectivity index (χ2v) is 4.80. The van der Waals surface area contributed by atoms with Gasteiger partial charge in [0.2, 0.25) is 0 Å². The zero-order valence-electron chi connectivity index (χ0n) is 11.2. The molecule has 0 aromatic heterocycles. The van der Waals surface area contributed by atoms with Crippen LogP contribution < -0.4 is 0 Å². The van der Waals surface area contributed by atoms with Crippen molar-refractivity contribution < 1.29 is 9.18 Å². The molecule has 0 unspecified atom stereocenters. The van der Waals surface area contributed by atoms with Crippen molar-refractivity contribution in [2.75, 3.05) is 0 Å². The Morgan fingerprint density at radius 2 is 1.84 bits per heavy atom. The quantitative estimate of drug-likeness (QED) is 0.747. The van der Waals surface area contributed by atoms with Gasteiger partial charge in [-0.3, -0.25) is 4.79 Å². The number of halogens is 1. The minimum absolute atomic E-state index is 0.116. The zero-order valence-corrected chi connectivity index (χ0v) is 11.2. The van der Waals surface area contributed by atoms with Crippen molar-refractivity contribution in [2.24, 2.45) is 0 Å². The number of benzene rings is 2. The summed E-state index contributed by atoms with van der Waals surface area (Å²) in [7, 11) is 0. The Bertz CT molecular complexity index is 602. The fourth-order valence-electron chi connectivity index (χ4n) is 2.14. The summed E-state index contributed by atoms with van der Waals surface area (Å²) in [5.41, 5.74) is 3.79. The van der Waals surface area contributed by atoms with Crippen LogP contribution in [0.4, 0.5) is 4.39 Å². The first-order valence-corrected chi connectivity index (χ1v) is 6.42. The molecule has 1 nitrogen and oxygen atoms in total. The Hall–Kier alpha value is -1.96. The fraction of sp³-hybridized carbons (Fsp3) is 0.235. The minimum atomic E-state index is -0.253. The van der Waals surface area contributed by atoms with E-state index in [1.807, 2.05) is 38.1 Å². The standard InChI is InChI=1S/C17H17FO/c1-12-5-3-8-16(13(12)2)17(19)10-9-14-6-4-7-15(18)11-14/h3-8,11H,9-10H2,1-2H3. The van der Waals surface area contributed by atoms with Crippen molar-refractivity contribution in [1.29, 1.82) is 0 Å². The van der Waals surface area contributed by atoms with Crippen LogP contribution >= 0.6 is 0 Å². The van der Waals surface area contributed by atoms with E-state index in [1.165, 1.54) is 12.1 Å². The van der Waals surface area contributed by atoms with Gasteiger partial charge in [0, 0.05) is 12.0 Å². The van der Waals surface area contributed by atoms with Gasteiger partial charge in [-0.25, -0.2) is 4.39 Å². The summed E-state index contributed by atoms with van der Waals surface area (Å²) in [5.74, 6) is -0.137. The van der Waals surface area contributed by atoms with E-state index in [0.29, 0.717) is 12.8 Å². The number of rotatable bonds is 4. The van der Waals surface area contributed by atoms with Crippen molar-refractivity contribution in [2.45, 2.75) is 26.7 Å². The highest BCUT2D eigenvalue weighted by Gasteiger charge is 2.10. The maximum Gasteiger partial charge on any atom is 0.163 e. The number of Topliss-reactive ketones (excluding diaryl/α,β-unsaturated/α-hetero) is 1. The summed E-state index contributed by atoms with van der Waals surface area (Å²) < 4.78 is 13.0. The number of ketones is 1. The van der Waals surface area contributed by atoms with Crippen LogP contribution in [-0.4, -0.2) is 5.78 Å². The summed E-state index contributed by atoms with van der Waals surface area (Å²) in [6.07, 6.45) is 0.984. The third kappa shape index (κ3) is 3.28. The summed E-state index contributed by atoms with van der Waals surface area (Å²) in [4.78, 5) is 12.2. The van der Waals surface area contributed by atoms with Gasteiger partial charge in [0.25, 0.3) is 0 Å². The Labute approximate surface area is 113 Å². The molecular formula is C17H17FO. The fourth-order valence-corrected chi connectivity index (χ4v) is 2.14. The second kappa shape index (κ2) is 5.79. The molecular weight excluding hydrogens is 239 g/mol. The van der Waals surface area contributed by atoms with Crippen molar-refractivity contribution in [3.05, 3.63) is 70.5 Å². The molecule has 2 heteroatoms. The van der Waals surface area contributed by atoms with Gasteiger partial charge in [0.1, 0.15) is 5.82 Å². The lowest BCUT2D eigenvalue weighted by Gasteiger charge is -2.07. The molecule has 0 fully saturated rings. The van der Waals surface area contributed by atoms with Gasteiger partial charge < -0.3 is 0 Å². The predicted molar refractivity (Wildman–Crippen MR) is 75.0 cm³/mol. The van der Waals surface area contributed by atoms with E-state index in [0.717, 1.165) is 22.3 Å². The molecule has 2 aromatic carbocycles. The molecule has 0 amide bonds. The monoisotopic (exact) mass is 256 g/mol. The third-order valence-electron chi connectivity index (χ3n) is 3.43. The van der Waals surface area contributed by atoms with E-state index in [2.05, 4.69) is 0 Å². The summed E-state index contributed by atoms with van der Waals surface area (Å²) in [6.45, 7) is 3.96. The Morgan fingerprint density at radius 3 is 2.58 bits per heavy atom. The van der Waals surface area contributed by atoms with Gasteiger partial charge in [-0.1, -0.05) is 30.3 Å². The first-order chi connectivity index (χ1) is 9.08. The van der Waals surface area contributed by atoms with Gasteiger partial charge >= 0.3 is 0 Å². The molecule has 0 saturated carbocycles. The molecule has 2 rings (SSSR count). The molecule has 2 aromatic rings. The molecule has 98 valence electrons. The zero-order chi connectivity index (χ0) is 13.8. The smallest absolute Gasteiger partial charge is 0.163 e. The Balaban J connectivity index is 2.08. The van der Waals surface area contributed by atoms with Gasteiger partial charge in [-0.05, 0) is 49.1 Å². The topological polar surface area (TPSA) is 17.1 Å². The molecule has 0 aliphatic heterocycles. The third-order valence-corrected chi connectivity index (χ3v) is 3.43. The lowest BCUT2D eigenvalue weighted by Crippen LogP contribution is -2.04. The summed E-state index contributed by atoms with van der Waals surface area (Å²) in [5, 5.41) is 0. The second-order valence-electron chi connectivity index (χ2n) is 4.80. The molecule has 19 heavy (non-hydrogen) atoms. The van der Waals surface area contributed by atoms with E-state index in [9.17, 15) is 9.18 Å². The van der Waals surface area contributed by atoms with E-state index >= 15 is 0 Å². The average molecular weight is 256 g/mol. The van der Waals surface area contributed by atoms with Crippen LogP contribution in [0.25, 0.3) is 0 Å². The highest BCUT2D eigenvalue weighted by atomic mass is 19.1. The molecule has 0 heterocycles. The van der Waals surface area contributed by atoms with Crippen LogP contribution in [0.3, 0.4) is 0 Å². The molecule has 0 atom stereocenters. The first kappa shape index (κ1) is 13.5. The van der Waals surface area contributed by atoms with E-state index in [-0.39, 0.29) is 11.6 Å². The highest BCUT2D eigenvalue weighted by Crippen LogP contribution is 2.16. The highest BCUT2D eigenvalue weighted by molar-refractivity contribution is 5.97. The maximum absolute atomic E-state index is 13.0. The van der Waals surface area contributed by atoms with Crippen molar-refractivity contribution in [1.82, 2.24) is 0 Å². The van der Waals surface area contributed by atoms with Gasteiger partial charge in [0.15, 0.2) is 5.78 Å². The minimum Gasteiger partial charge on any atom is -0.294 e. The summed E-state index contributed by atoms with van der Waals surface area (Å²) >= 11 is 0. The molecule has 0 bridgehead atoms. The Kier molecular flexibility index (Phi) is 4.10. The van der Waals surface area contributed by atoms with Crippen LogP contribution in [0.15, 0.2) is 42.5 Å². The largest absolute Gasteiger partial charge is 0.294 e. The van der Waals surface area contributed by atoms with Gasteiger partial charge in [-0.15, -0.1) is 0 Å². The van der Waals surface area contributed by atoms with Crippen LogP contribution in [0.1, 0.15) is 33.5 Å². The molecule has 0 aliphatic rings. The average Bonchev–Trinajstić information content (AvgIpc) is 2.39. The number of aryl methyl sites for hydroxylation is 2. The van der Waals surface area contributed by atoms with Crippen molar-refractivity contribution >= 4 is 5.78 Å². The van der Waals surface area contributed by atoms with Crippen LogP contribution in [0, 0.1) is 19.7 Å². The maximum atomic E-state index is 13.0. The SMILES string of the molecule is Cc1cccc(C(=O)CCc2cccc(F)c2)c1C. The van der Waals surface area contributed by atoms with Gasteiger partial charge in [0.05, 0.1) is 0 Å². The van der Waals surface area contributed by atoms with Crippen molar-refractivity contribution in [3.63, 3.8) is 0 Å². The summed E-state index contributed by atoms with van der Waals surface area (Å²) in [6, 6.07) is 12.2. The lowest BCUT2D eigenvalue weighted by molar-refractivity contribution is 0.0982. The number of carbonyl (C=O) groups excluding carboxylic acids is 1. The normalized spacial score (nSPS) is 10.5. The number of carbonyl (C=O) groups is 1. The molecule has 0 N–H and O–H groups in total. The number of hydrogen-bond acceptors (Lipinski definition) is 1. The van der Waals surface area contributed by atoms with Crippen LogP contribution in [0.5, 0.6) is 0 Å². The molecule has 0 spiro atoms. The van der Waals surface area contributed by atoms with Crippen LogP contribution in [-0.2, 0) is 6.42 Å². The molecule has 0 aliphatic carbocycles. The molecule has 0 radical (unpaired) electrons. The number of hydrogen-bond donors (Lipinski definition) is 0. The van der Waals surface area contributed by atoms with Gasteiger partial charge in [-0.2, -0.15) is 0 Å².